The molecule has 2 heterocycles. The number of hydrogen-bond acceptors (Lipinski definition) is 3. The molecule has 6 nitrogen and oxygen atoms in total. The van der Waals surface area contributed by atoms with Gasteiger partial charge in [0.2, 0.25) is 5.82 Å². The minimum Gasteiger partial charge on any atom is -0.362 e. The summed E-state index contributed by atoms with van der Waals surface area (Å²) >= 11 is 0. The summed E-state index contributed by atoms with van der Waals surface area (Å²) < 4.78 is 0. The molecule has 0 aliphatic rings. The van der Waals surface area contributed by atoms with Gasteiger partial charge in [-0.1, -0.05) is 79.4 Å². The smallest absolute Gasteiger partial charge is 0.255 e. The second-order valence-corrected chi connectivity index (χ2v) is 7.13. The second-order valence-electron chi connectivity index (χ2n) is 7.13. The van der Waals surface area contributed by atoms with E-state index in [1.54, 1.807) is 0 Å². The monoisotopic (exact) mass is 412 g/mol. The van der Waals surface area contributed by atoms with Crippen molar-refractivity contribution >= 4 is 5.82 Å². The van der Waals surface area contributed by atoms with Gasteiger partial charge in [-0.05, 0) is 17.7 Å². The first kappa shape index (κ1) is 19.0. The molecule has 5 rings (SSSR count). The van der Waals surface area contributed by atoms with Crippen LogP contribution in [0.1, 0.15) is 5.69 Å². The van der Waals surface area contributed by atoms with E-state index < -0.39 is 0 Å². The zero-order valence-corrected chi connectivity index (χ0v) is 16.9. The molecule has 0 saturated carbocycles. The van der Waals surface area contributed by atoms with Gasteiger partial charge in [-0.25, -0.2) is 9.97 Å². The van der Waals surface area contributed by atoms with Gasteiger partial charge in [0.15, 0.2) is 5.69 Å². The van der Waals surface area contributed by atoms with E-state index in [1.165, 1.54) is 0 Å². The molecular weight excluding hydrogens is 396 g/mol. The maximum absolute atomic E-state index is 9.57. The van der Waals surface area contributed by atoms with E-state index in [2.05, 4.69) is 25.9 Å². The normalized spacial score (nSPS) is 10.4. The molecule has 0 atom stereocenters. The molecule has 150 valence electrons. The Labute approximate surface area is 184 Å². The summed E-state index contributed by atoms with van der Waals surface area (Å²) in [6.07, 6.45) is 0. The number of H-pyrrole nitrogens is 2. The summed E-state index contributed by atoms with van der Waals surface area (Å²) in [6.45, 7) is 7.52. The van der Waals surface area contributed by atoms with Crippen molar-refractivity contribution in [3.8, 4) is 51.4 Å². The molecule has 0 fully saturated rings. The predicted octanol–water partition coefficient (Wildman–Crippen LogP) is 6.22. The van der Waals surface area contributed by atoms with Crippen LogP contribution in [-0.4, -0.2) is 19.9 Å². The van der Waals surface area contributed by atoms with E-state index in [0.717, 1.165) is 22.3 Å². The topological polar surface area (TPSA) is 85.5 Å². The van der Waals surface area contributed by atoms with Gasteiger partial charge in [-0.15, -0.1) is 0 Å². The lowest BCUT2D eigenvalue weighted by Gasteiger charge is -2.00. The molecule has 0 aliphatic carbocycles. The van der Waals surface area contributed by atoms with Crippen molar-refractivity contribution in [3.05, 3.63) is 102 Å². The summed E-state index contributed by atoms with van der Waals surface area (Å²) in [4.78, 5) is 19.2. The van der Waals surface area contributed by atoms with Crippen LogP contribution in [0.4, 0.5) is 5.82 Å². The molecule has 0 bridgehead atoms. The SMILES string of the molecule is [C-]#[N+]c1[nH]c(-c2cccc(-c3nc(C#N)c(-c4ccccc4)[nH]3)c2)nc1-c1ccccc1. The highest BCUT2D eigenvalue weighted by molar-refractivity contribution is 5.78. The van der Waals surface area contributed by atoms with E-state index in [4.69, 9.17) is 11.6 Å². The molecule has 3 aromatic carbocycles. The molecule has 0 amide bonds. The highest BCUT2D eigenvalue weighted by atomic mass is 15.0. The van der Waals surface area contributed by atoms with Gasteiger partial charge >= 0.3 is 0 Å². The Bertz CT molecular complexity index is 1370. The van der Waals surface area contributed by atoms with Crippen LogP contribution in [0.15, 0.2) is 84.9 Å². The first-order valence-corrected chi connectivity index (χ1v) is 9.96. The van der Waals surface area contributed by atoms with Gasteiger partial charge in [0.25, 0.3) is 5.82 Å². The molecule has 5 aromatic rings. The van der Waals surface area contributed by atoms with E-state index in [-0.39, 0.29) is 0 Å². The average Bonchev–Trinajstić information content (AvgIpc) is 3.50. The van der Waals surface area contributed by atoms with Crippen LogP contribution < -0.4 is 0 Å². The summed E-state index contributed by atoms with van der Waals surface area (Å²) in [5.74, 6) is 1.60. The second kappa shape index (κ2) is 8.06. The number of rotatable bonds is 4. The number of aromatic nitrogens is 4. The first-order valence-electron chi connectivity index (χ1n) is 9.96. The van der Waals surface area contributed by atoms with Gasteiger partial charge in [0.05, 0.1) is 11.4 Å². The van der Waals surface area contributed by atoms with Crippen LogP contribution in [0.2, 0.25) is 0 Å². The summed E-state index contributed by atoms with van der Waals surface area (Å²) in [6, 6.07) is 29.2. The summed E-state index contributed by atoms with van der Waals surface area (Å²) in [5, 5.41) is 9.57. The number of benzene rings is 3. The summed E-state index contributed by atoms with van der Waals surface area (Å²) in [5.41, 5.74) is 5.09. The Balaban J connectivity index is 1.56. The Kier molecular flexibility index (Phi) is 4.80. The van der Waals surface area contributed by atoms with Crippen LogP contribution in [0.3, 0.4) is 0 Å². The fourth-order valence-electron chi connectivity index (χ4n) is 3.60. The van der Waals surface area contributed by atoms with Crippen molar-refractivity contribution in [3.63, 3.8) is 0 Å². The van der Waals surface area contributed by atoms with Crippen LogP contribution in [-0.2, 0) is 0 Å². The van der Waals surface area contributed by atoms with E-state index >= 15 is 0 Å². The van der Waals surface area contributed by atoms with Crippen LogP contribution in [0, 0.1) is 17.9 Å². The Morgan fingerprint density at radius 1 is 0.719 bits per heavy atom. The van der Waals surface area contributed by atoms with Gasteiger partial charge in [-0.2, -0.15) is 5.26 Å². The van der Waals surface area contributed by atoms with Gasteiger partial charge in [0, 0.05) is 16.7 Å². The van der Waals surface area contributed by atoms with Crippen molar-refractivity contribution in [2.24, 2.45) is 0 Å². The van der Waals surface area contributed by atoms with Crippen molar-refractivity contribution < 1.29 is 0 Å². The van der Waals surface area contributed by atoms with Crippen molar-refractivity contribution in [1.29, 1.82) is 5.26 Å². The molecule has 32 heavy (non-hydrogen) atoms. The van der Waals surface area contributed by atoms with Crippen molar-refractivity contribution in [2.45, 2.75) is 0 Å². The zero-order chi connectivity index (χ0) is 21.9. The molecular formula is C26H16N6. The molecule has 0 radical (unpaired) electrons. The van der Waals surface area contributed by atoms with Crippen LogP contribution in [0.25, 0.3) is 50.1 Å². The van der Waals surface area contributed by atoms with Gasteiger partial charge in [-0.3, -0.25) is 4.98 Å². The maximum atomic E-state index is 9.57. The molecule has 0 spiro atoms. The third-order valence-corrected chi connectivity index (χ3v) is 5.13. The van der Waals surface area contributed by atoms with Crippen molar-refractivity contribution in [2.75, 3.05) is 0 Å². The standard InChI is InChI=1S/C26H16N6/c1-28-26-23(18-11-6-3-7-12-18)31-25(32-26)20-14-8-13-19(15-20)24-29-21(16-27)22(30-24)17-9-4-2-5-10-17/h2-15H,(H,29,30)(H,31,32). The third-order valence-electron chi connectivity index (χ3n) is 5.13. The minimum absolute atomic E-state index is 0.344. The lowest BCUT2D eigenvalue weighted by molar-refractivity contribution is 1.28. The van der Waals surface area contributed by atoms with Crippen LogP contribution in [0.5, 0.6) is 0 Å². The maximum Gasteiger partial charge on any atom is 0.255 e. The Hall–Kier alpha value is -4.94. The van der Waals surface area contributed by atoms with Gasteiger partial charge < -0.3 is 9.83 Å². The zero-order valence-electron chi connectivity index (χ0n) is 16.9. The number of hydrogen-bond donors (Lipinski definition) is 2. The average molecular weight is 412 g/mol. The molecule has 0 unspecified atom stereocenters. The number of nitrogens with one attached hydrogen (secondary N) is 2. The van der Waals surface area contributed by atoms with E-state index in [1.807, 2.05) is 84.9 Å². The number of nitriles is 1. The van der Waals surface area contributed by atoms with Crippen LogP contribution >= 0.6 is 0 Å². The number of aromatic amines is 2. The number of nitrogens with zero attached hydrogens (tertiary/aromatic N) is 4. The number of imidazole rings is 2. The fourth-order valence-corrected chi connectivity index (χ4v) is 3.60. The Morgan fingerprint density at radius 3 is 1.94 bits per heavy atom. The largest absolute Gasteiger partial charge is 0.362 e. The lowest BCUT2D eigenvalue weighted by Crippen LogP contribution is -1.85. The first-order chi connectivity index (χ1) is 15.8. The third kappa shape index (κ3) is 3.43. The quantitative estimate of drug-likeness (QED) is 0.343. The Morgan fingerprint density at radius 2 is 1.31 bits per heavy atom. The lowest BCUT2D eigenvalue weighted by atomic mass is 10.1. The van der Waals surface area contributed by atoms with E-state index in [0.29, 0.717) is 34.5 Å². The van der Waals surface area contributed by atoms with Gasteiger partial charge in [0.1, 0.15) is 11.9 Å². The molecule has 2 N–H and O–H groups in total. The van der Waals surface area contributed by atoms with Crippen molar-refractivity contribution in [1.82, 2.24) is 19.9 Å². The molecule has 0 aliphatic heterocycles. The van der Waals surface area contributed by atoms with E-state index in [9.17, 15) is 5.26 Å². The molecule has 6 heteroatoms. The minimum atomic E-state index is 0.344. The molecule has 0 saturated heterocycles. The predicted molar refractivity (Wildman–Crippen MR) is 123 cm³/mol. The summed E-state index contributed by atoms with van der Waals surface area (Å²) in [7, 11) is 0. The highest BCUT2D eigenvalue weighted by Crippen LogP contribution is 2.33. The highest BCUT2D eigenvalue weighted by Gasteiger charge is 2.17. The molecule has 2 aromatic heterocycles. The fraction of sp³-hybridized carbons (Fsp3) is 0.